The van der Waals surface area contributed by atoms with Gasteiger partial charge in [0.2, 0.25) is 0 Å². The molecule has 0 radical (unpaired) electrons. The second-order valence-electron chi connectivity index (χ2n) is 2.73. The summed E-state index contributed by atoms with van der Waals surface area (Å²) < 4.78 is 1.48. The molecule has 0 saturated carbocycles. The molecule has 0 saturated heterocycles. The molecule has 2 aromatic rings. The highest BCUT2D eigenvalue weighted by molar-refractivity contribution is 5.84. The molecule has 0 atom stereocenters. The Morgan fingerprint density at radius 1 is 1.33 bits per heavy atom. The largest absolute Gasteiger partial charge is 0.545 e. The van der Waals surface area contributed by atoms with E-state index in [1.165, 1.54) is 29.5 Å². The van der Waals surface area contributed by atoms with Gasteiger partial charge in [-0.3, -0.25) is 0 Å². The third kappa shape index (κ3) is 1.93. The van der Waals surface area contributed by atoms with Gasteiger partial charge in [0.1, 0.15) is 0 Å². The SMILES string of the molecule is O=C([O-])c1ccc[n+](-c2ncncn2)c1. The van der Waals surface area contributed by atoms with Crippen LogP contribution in [0.5, 0.6) is 0 Å². The summed E-state index contributed by atoms with van der Waals surface area (Å²) in [5.41, 5.74) is 0.0675. The van der Waals surface area contributed by atoms with Gasteiger partial charge in [-0.05, 0) is 12.1 Å². The maximum Gasteiger partial charge on any atom is 0.440 e. The lowest BCUT2D eigenvalue weighted by Gasteiger charge is -2.01. The lowest BCUT2D eigenvalue weighted by molar-refractivity contribution is -0.604. The number of hydrogen-bond donors (Lipinski definition) is 0. The Hall–Kier alpha value is -2.37. The Morgan fingerprint density at radius 3 is 2.73 bits per heavy atom. The summed E-state index contributed by atoms with van der Waals surface area (Å²) in [6.07, 6.45) is 5.69. The maximum atomic E-state index is 10.6. The zero-order valence-corrected chi connectivity index (χ0v) is 7.57. The number of carbonyl (C=O) groups is 1. The third-order valence-electron chi connectivity index (χ3n) is 1.75. The molecule has 0 N–H and O–H groups in total. The lowest BCUT2D eigenvalue weighted by atomic mass is 10.3. The van der Waals surface area contributed by atoms with Gasteiger partial charge in [-0.1, -0.05) is 9.97 Å². The van der Waals surface area contributed by atoms with Crippen LogP contribution < -0.4 is 9.67 Å². The molecule has 2 heterocycles. The molecule has 6 nitrogen and oxygen atoms in total. The van der Waals surface area contributed by atoms with Crippen molar-refractivity contribution in [3.63, 3.8) is 0 Å². The van der Waals surface area contributed by atoms with Crippen molar-refractivity contribution in [2.24, 2.45) is 0 Å². The zero-order valence-electron chi connectivity index (χ0n) is 7.57. The third-order valence-corrected chi connectivity index (χ3v) is 1.75. The number of rotatable bonds is 2. The van der Waals surface area contributed by atoms with Gasteiger partial charge < -0.3 is 9.90 Å². The van der Waals surface area contributed by atoms with Gasteiger partial charge in [0.25, 0.3) is 0 Å². The van der Waals surface area contributed by atoms with Crippen LogP contribution in [0, 0.1) is 0 Å². The molecule has 0 bridgehead atoms. The summed E-state index contributed by atoms with van der Waals surface area (Å²) >= 11 is 0. The Bertz CT molecular complexity index is 486. The molecular weight excluding hydrogens is 196 g/mol. The van der Waals surface area contributed by atoms with Crippen LogP contribution in [0.15, 0.2) is 37.2 Å². The van der Waals surface area contributed by atoms with Crippen molar-refractivity contribution in [3.05, 3.63) is 42.7 Å². The first kappa shape index (κ1) is 9.20. The highest BCUT2D eigenvalue weighted by Gasteiger charge is 2.08. The van der Waals surface area contributed by atoms with Crippen molar-refractivity contribution in [2.75, 3.05) is 0 Å². The molecule has 74 valence electrons. The van der Waals surface area contributed by atoms with E-state index in [9.17, 15) is 9.90 Å². The fourth-order valence-electron chi connectivity index (χ4n) is 1.09. The first-order valence-corrected chi connectivity index (χ1v) is 4.12. The summed E-state index contributed by atoms with van der Waals surface area (Å²) in [4.78, 5) is 22.0. The van der Waals surface area contributed by atoms with E-state index in [-0.39, 0.29) is 5.56 Å². The zero-order chi connectivity index (χ0) is 10.7. The minimum Gasteiger partial charge on any atom is -0.545 e. The minimum absolute atomic E-state index is 0.0675. The number of carboxylic acids is 1. The van der Waals surface area contributed by atoms with Crippen molar-refractivity contribution in [1.29, 1.82) is 0 Å². The van der Waals surface area contributed by atoms with Crippen molar-refractivity contribution >= 4 is 5.97 Å². The molecule has 0 spiro atoms. The van der Waals surface area contributed by atoms with Gasteiger partial charge in [0, 0.05) is 5.56 Å². The van der Waals surface area contributed by atoms with E-state index in [0.717, 1.165) is 0 Å². The first-order valence-electron chi connectivity index (χ1n) is 4.12. The van der Waals surface area contributed by atoms with E-state index in [1.54, 1.807) is 12.3 Å². The van der Waals surface area contributed by atoms with Crippen molar-refractivity contribution in [1.82, 2.24) is 15.0 Å². The molecule has 15 heavy (non-hydrogen) atoms. The molecule has 0 aliphatic rings. The van der Waals surface area contributed by atoms with Gasteiger partial charge in [0.15, 0.2) is 12.7 Å². The molecule has 0 aromatic carbocycles. The lowest BCUT2D eigenvalue weighted by Crippen LogP contribution is -2.35. The van der Waals surface area contributed by atoms with Crippen LogP contribution >= 0.6 is 0 Å². The highest BCUT2D eigenvalue weighted by atomic mass is 16.4. The second-order valence-corrected chi connectivity index (χ2v) is 2.73. The molecule has 6 heteroatoms. The standard InChI is InChI=1S/C9H6N4O2/c14-8(15)7-2-1-3-13(4-7)9-11-5-10-6-12-9/h1-6H. The Morgan fingerprint density at radius 2 is 2.07 bits per heavy atom. The highest BCUT2D eigenvalue weighted by Crippen LogP contribution is 1.93. The Kier molecular flexibility index (Phi) is 2.32. The fourth-order valence-corrected chi connectivity index (χ4v) is 1.09. The number of aromatic nitrogens is 4. The van der Waals surface area contributed by atoms with Gasteiger partial charge >= 0.3 is 5.95 Å². The van der Waals surface area contributed by atoms with E-state index < -0.39 is 5.97 Å². The average molecular weight is 202 g/mol. The first-order chi connectivity index (χ1) is 7.27. The van der Waals surface area contributed by atoms with E-state index in [0.29, 0.717) is 5.95 Å². The van der Waals surface area contributed by atoms with Crippen LogP contribution in [0.3, 0.4) is 0 Å². The summed E-state index contributed by atoms with van der Waals surface area (Å²) in [7, 11) is 0. The molecule has 0 amide bonds. The van der Waals surface area contributed by atoms with Crippen LogP contribution in [-0.2, 0) is 0 Å². The molecule has 0 aliphatic heterocycles. The number of nitrogens with zero attached hydrogens (tertiary/aromatic N) is 4. The smallest absolute Gasteiger partial charge is 0.440 e. The second kappa shape index (κ2) is 3.79. The van der Waals surface area contributed by atoms with Gasteiger partial charge in [-0.15, -0.1) is 0 Å². The Balaban J connectivity index is 2.46. The number of pyridine rings is 1. The van der Waals surface area contributed by atoms with Crippen molar-refractivity contribution < 1.29 is 14.5 Å². The van der Waals surface area contributed by atoms with Gasteiger partial charge in [-0.2, -0.15) is 4.98 Å². The predicted octanol–water partition coefficient (Wildman–Crippen LogP) is -1.49. The normalized spacial score (nSPS) is 9.87. The number of aromatic carboxylic acids is 1. The fraction of sp³-hybridized carbons (Fsp3) is 0. The van der Waals surface area contributed by atoms with Gasteiger partial charge in [-0.25, -0.2) is 4.57 Å². The number of carbonyl (C=O) groups excluding carboxylic acids is 1. The number of carboxylic acid groups (broad SMARTS) is 1. The summed E-state index contributed by atoms with van der Waals surface area (Å²) in [6.45, 7) is 0. The molecule has 2 aromatic heterocycles. The topological polar surface area (TPSA) is 82.7 Å². The van der Waals surface area contributed by atoms with E-state index >= 15 is 0 Å². The molecule has 0 unspecified atom stereocenters. The average Bonchev–Trinajstić information content (AvgIpc) is 2.30. The Labute approximate surface area is 84.9 Å². The van der Waals surface area contributed by atoms with E-state index in [1.807, 2.05) is 0 Å². The van der Waals surface area contributed by atoms with Crippen LogP contribution in [0.2, 0.25) is 0 Å². The van der Waals surface area contributed by atoms with Crippen molar-refractivity contribution in [3.8, 4) is 5.95 Å². The van der Waals surface area contributed by atoms with Crippen LogP contribution in [0.4, 0.5) is 0 Å². The minimum atomic E-state index is -1.24. The van der Waals surface area contributed by atoms with Crippen molar-refractivity contribution in [2.45, 2.75) is 0 Å². The van der Waals surface area contributed by atoms with E-state index in [2.05, 4.69) is 15.0 Å². The summed E-state index contributed by atoms with van der Waals surface area (Å²) in [6, 6.07) is 3.02. The maximum absolute atomic E-state index is 10.6. The van der Waals surface area contributed by atoms with Crippen LogP contribution in [0.25, 0.3) is 5.95 Å². The molecule has 0 fully saturated rings. The van der Waals surface area contributed by atoms with Crippen LogP contribution in [0.1, 0.15) is 10.4 Å². The molecular formula is C9H6N4O2. The predicted molar refractivity (Wildman–Crippen MR) is 45.7 cm³/mol. The molecule has 0 aliphatic carbocycles. The van der Waals surface area contributed by atoms with Gasteiger partial charge in [0.05, 0.1) is 18.4 Å². The number of hydrogen-bond acceptors (Lipinski definition) is 5. The van der Waals surface area contributed by atoms with E-state index in [4.69, 9.17) is 0 Å². The summed E-state index contributed by atoms with van der Waals surface area (Å²) in [5, 5.41) is 10.6. The monoisotopic (exact) mass is 202 g/mol. The van der Waals surface area contributed by atoms with Crippen LogP contribution in [-0.4, -0.2) is 20.9 Å². The summed E-state index contributed by atoms with van der Waals surface area (Å²) in [5.74, 6) is -0.883. The quantitative estimate of drug-likeness (QED) is 0.554. The molecule has 2 rings (SSSR count).